The Morgan fingerprint density at radius 2 is 1.92 bits per heavy atom. The van der Waals surface area contributed by atoms with Crippen molar-refractivity contribution in [1.29, 1.82) is 0 Å². The highest BCUT2D eigenvalue weighted by molar-refractivity contribution is 7.22. The third-order valence-electron chi connectivity index (χ3n) is 4.44. The number of benzene rings is 2. The largest absolute Gasteiger partial charge is 0.346 e. The number of nitrogens with zero attached hydrogens (tertiary/aromatic N) is 2. The van der Waals surface area contributed by atoms with Crippen LogP contribution in [0.15, 0.2) is 42.5 Å². The molecule has 0 unspecified atom stereocenters. The van der Waals surface area contributed by atoms with E-state index in [0.717, 1.165) is 9.83 Å². The van der Waals surface area contributed by atoms with Gasteiger partial charge >= 0.3 is 0 Å². The molecule has 0 saturated carbocycles. The summed E-state index contributed by atoms with van der Waals surface area (Å²) in [5, 5.41) is 3.60. The van der Waals surface area contributed by atoms with Crippen LogP contribution in [-0.4, -0.2) is 29.8 Å². The first kappa shape index (κ1) is 16.7. The first-order valence-electron chi connectivity index (χ1n) is 8.23. The van der Waals surface area contributed by atoms with Crippen LogP contribution in [0.2, 0.25) is 0 Å². The number of ketones is 1. The number of halogens is 1. The second kappa shape index (κ2) is 6.49. The molecule has 1 N–H and O–H groups in total. The quantitative estimate of drug-likeness (QED) is 0.712. The number of thiazole rings is 1. The van der Waals surface area contributed by atoms with Gasteiger partial charge in [-0.05, 0) is 43.3 Å². The van der Waals surface area contributed by atoms with E-state index in [1.54, 1.807) is 30.3 Å². The first-order chi connectivity index (χ1) is 12.5. The summed E-state index contributed by atoms with van der Waals surface area (Å²) in [5.41, 5.74) is 1.66. The van der Waals surface area contributed by atoms with E-state index >= 15 is 0 Å². The lowest BCUT2D eigenvalue weighted by Crippen LogP contribution is -2.52. The van der Waals surface area contributed by atoms with E-state index in [1.807, 2.05) is 11.0 Å². The lowest BCUT2D eigenvalue weighted by molar-refractivity contribution is -0.120. The normalized spacial score (nSPS) is 14.3. The van der Waals surface area contributed by atoms with Crippen LogP contribution >= 0.6 is 11.3 Å². The fourth-order valence-electron chi connectivity index (χ4n) is 2.87. The molecular formula is C19H16FN3O2S. The Hall–Kier alpha value is -2.80. The molecule has 0 aliphatic carbocycles. The summed E-state index contributed by atoms with van der Waals surface area (Å²) in [6, 6.07) is 11.7. The highest BCUT2D eigenvalue weighted by atomic mass is 32.1. The van der Waals surface area contributed by atoms with Crippen LogP contribution in [0.1, 0.15) is 17.3 Å². The predicted molar refractivity (Wildman–Crippen MR) is 100 cm³/mol. The highest BCUT2D eigenvalue weighted by Gasteiger charge is 2.34. The number of rotatable bonds is 4. The van der Waals surface area contributed by atoms with Gasteiger partial charge in [0.2, 0.25) is 5.91 Å². The number of Topliss-reactive ketones (excluding diaryl/α,β-unsaturated/α-hetero) is 1. The third kappa shape index (κ3) is 3.06. The van der Waals surface area contributed by atoms with E-state index in [4.69, 9.17) is 0 Å². The fraction of sp³-hybridized carbons (Fsp3) is 0.211. The smallest absolute Gasteiger partial charge is 0.231 e. The standard InChI is InChI=1S/C19H16FN3O2S/c1-11(24)12-5-7-14(8-6-12)21-18(25)13-9-23(10-13)19-22-17-15(20)3-2-4-16(17)26-19/h2-8,13H,9-10H2,1H3,(H,21,25). The first-order valence-corrected chi connectivity index (χ1v) is 9.05. The molecule has 26 heavy (non-hydrogen) atoms. The molecule has 1 aliphatic rings. The van der Waals surface area contributed by atoms with Crippen molar-refractivity contribution in [1.82, 2.24) is 4.98 Å². The molecule has 2 aromatic carbocycles. The van der Waals surface area contributed by atoms with Gasteiger partial charge in [-0.15, -0.1) is 0 Å². The maximum absolute atomic E-state index is 13.8. The van der Waals surface area contributed by atoms with E-state index in [9.17, 15) is 14.0 Å². The molecule has 4 rings (SSSR count). The number of carbonyl (C=O) groups excluding carboxylic acids is 2. The van der Waals surface area contributed by atoms with Gasteiger partial charge in [-0.2, -0.15) is 0 Å². The highest BCUT2D eigenvalue weighted by Crippen LogP contribution is 2.34. The maximum atomic E-state index is 13.8. The van der Waals surface area contributed by atoms with Crippen molar-refractivity contribution in [3.63, 3.8) is 0 Å². The van der Waals surface area contributed by atoms with Crippen LogP contribution in [-0.2, 0) is 4.79 Å². The Balaban J connectivity index is 1.38. The number of aromatic nitrogens is 1. The molecule has 5 nitrogen and oxygen atoms in total. The van der Waals surface area contributed by atoms with Crippen molar-refractivity contribution >= 4 is 44.1 Å². The predicted octanol–water partition coefficient (Wildman–Crippen LogP) is 3.71. The van der Waals surface area contributed by atoms with Crippen LogP contribution < -0.4 is 10.2 Å². The number of amides is 1. The monoisotopic (exact) mass is 369 g/mol. The number of hydrogen-bond donors (Lipinski definition) is 1. The Bertz CT molecular complexity index is 994. The Labute approximate surface area is 153 Å². The van der Waals surface area contributed by atoms with E-state index in [1.165, 1.54) is 24.3 Å². The molecular weight excluding hydrogens is 353 g/mol. The Morgan fingerprint density at radius 1 is 1.19 bits per heavy atom. The fourth-order valence-corrected chi connectivity index (χ4v) is 3.87. The summed E-state index contributed by atoms with van der Waals surface area (Å²) in [7, 11) is 0. The molecule has 2 heterocycles. The minimum Gasteiger partial charge on any atom is -0.346 e. The van der Waals surface area contributed by atoms with Crippen LogP contribution in [0, 0.1) is 11.7 Å². The molecule has 0 spiro atoms. The molecule has 0 atom stereocenters. The average molecular weight is 369 g/mol. The maximum Gasteiger partial charge on any atom is 0.231 e. The minimum atomic E-state index is -0.325. The molecule has 1 aromatic heterocycles. The summed E-state index contributed by atoms with van der Waals surface area (Å²) < 4.78 is 14.6. The van der Waals surface area contributed by atoms with Gasteiger partial charge in [-0.1, -0.05) is 17.4 Å². The zero-order chi connectivity index (χ0) is 18.3. The van der Waals surface area contributed by atoms with Gasteiger partial charge in [0, 0.05) is 24.3 Å². The van der Waals surface area contributed by atoms with Crippen LogP contribution in [0.25, 0.3) is 10.2 Å². The lowest BCUT2D eigenvalue weighted by Gasteiger charge is -2.37. The Kier molecular flexibility index (Phi) is 4.16. The molecule has 1 saturated heterocycles. The third-order valence-corrected chi connectivity index (χ3v) is 5.52. The zero-order valence-corrected chi connectivity index (χ0v) is 14.8. The van der Waals surface area contributed by atoms with Gasteiger partial charge < -0.3 is 10.2 Å². The van der Waals surface area contributed by atoms with Crippen LogP contribution in [0.4, 0.5) is 15.2 Å². The second-order valence-electron chi connectivity index (χ2n) is 6.31. The number of anilines is 2. The van der Waals surface area contributed by atoms with E-state index < -0.39 is 0 Å². The van der Waals surface area contributed by atoms with E-state index in [0.29, 0.717) is 29.9 Å². The summed E-state index contributed by atoms with van der Waals surface area (Å²) in [5.74, 6) is -0.540. The molecule has 1 aliphatic heterocycles. The van der Waals surface area contributed by atoms with Crippen LogP contribution in [0.3, 0.4) is 0 Å². The lowest BCUT2D eigenvalue weighted by atomic mass is 10.00. The Morgan fingerprint density at radius 3 is 2.58 bits per heavy atom. The second-order valence-corrected chi connectivity index (χ2v) is 7.32. The number of para-hydroxylation sites is 1. The molecule has 7 heteroatoms. The van der Waals surface area contributed by atoms with Crippen molar-refractivity contribution in [3.05, 3.63) is 53.8 Å². The van der Waals surface area contributed by atoms with Crippen LogP contribution in [0.5, 0.6) is 0 Å². The van der Waals surface area contributed by atoms with Gasteiger partial charge in [0.1, 0.15) is 11.3 Å². The molecule has 3 aromatic rings. The molecule has 1 amide bonds. The summed E-state index contributed by atoms with van der Waals surface area (Å²) in [4.78, 5) is 29.9. The average Bonchev–Trinajstić information content (AvgIpc) is 2.99. The van der Waals surface area contributed by atoms with Gasteiger partial charge in [-0.3, -0.25) is 9.59 Å². The molecule has 0 radical (unpaired) electrons. The summed E-state index contributed by atoms with van der Waals surface area (Å²) in [6.07, 6.45) is 0. The topological polar surface area (TPSA) is 62.3 Å². The van der Waals surface area contributed by atoms with Gasteiger partial charge in [0.15, 0.2) is 10.9 Å². The van der Waals surface area contributed by atoms with Gasteiger partial charge in [-0.25, -0.2) is 9.37 Å². The number of fused-ring (bicyclic) bond motifs is 1. The van der Waals surface area contributed by atoms with Gasteiger partial charge in [0.05, 0.1) is 10.6 Å². The summed E-state index contributed by atoms with van der Waals surface area (Å²) in [6.45, 7) is 2.61. The number of hydrogen-bond acceptors (Lipinski definition) is 5. The minimum absolute atomic E-state index is 0.00946. The summed E-state index contributed by atoms with van der Waals surface area (Å²) >= 11 is 1.43. The van der Waals surface area contributed by atoms with Crippen molar-refractivity contribution in [3.8, 4) is 0 Å². The van der Waals surface area contributed by atoms with E-state index in [2.05, 4.69) is 10.3 Å². The van der Waals surface area contributed by atoms with Crippen molar-refractivity contribution in [2.75, 3.05) is 23.3 Å². The molecule has 132 valence electrons. The van der Waals surface area contributed by atoms with Gasteiger partial charge in [0.25, 0.3) is 0 Å². The van der Waals surface area contributed by atoms with Crippen molar-refractivity contribution in [2.24, 2.45) is 5.92 Å². The molecule has 0 bridgehead atoms. The molecule has 1 fully saturated rings. The SMILES string of the molecule is CC(=O)c1ccc(NC(=O)C2CN(c3nc4c(F)cccc4s3)C2)cc1. The van der Waals surface area contributed by atoms with E-state index in [-0.39, 0.29) is 23.4 Å². The van der Waals surface area contributed by atoms with Crippen molar-refractivity contribution in [2.45, 2.75) is 6.92 Å². The zero-order valence-electron chi connectivity index (χ0n) is 14.0. The van der Waals surface area contributed by atoms with Crippen molar-refractivity contribution < 1.29 is 14.0 Å². The number of nitrogens with one attached hydrogen (secondary N) is 1. The number of carbonyl (C=O) groups is 2.